The average Bonchev–Trinajstić information content (AvgIpc) is 3.35. The molecule has 0 saturated heterocycles. The molecule has 0 aliphatic heterocycles. The Morgan fingerprint density at radius 2 is 1.66 bits per heavy atom. The average molecular weight is 572 g/mol. The van der Waals surface area contributed by atoms with Gasteiger partial charge in [0.15, 0.2) is 0 Å². The van der Waals surface area contributed by atoms with Crippen LogP contribution in [0, 0.1) is 0 Å². The van der Waals surface area contributed by atoms with Crippen LogP contribution in [0.1, 0.15) is 49.3 Å². The van der Waals surface area contributed by atoms with Gasteiger partial charge in [0, 0.05) is 55.8 Å². The van der Waals surface area contributed by atoms with E-state index < -0.39 is 0 Å². The summed E-state index contributed by atoms with van der Waals surface area (Å²) >= 11 is 6.83. The SMILES string of the molecule is CN[C@H]1CC[C@@H](N(Cc2cc(-c3ccc(N(C)C(C)=O)cc3)ccc2OC)C(=O)C2=C(Cl)c3ccccc3C2)CC1. The number of carbonyl (C=O) groups excluding carboxylic acids is 2. The zero-order valence-electron chi connectivity index (χ0n) is 24.2. The molecule has 0 spiro atoms. The lowest BCUT2D eigenvalue weighted by Gasteiger charge is -2.37. The number of amides is 2. The van der Waals surface area contributed by atoms with Gasteiger partial charge in [-0.15, -0.1) is 0 Å². The van der Waals surface area contributed by atoms with Crippen LogP contribution >= 0.6 is 11.6 Å². The zero-order chi connectivity index (χ0) is 29.1. The van der Waals surface area contributed by atoms with Crippen LogP contribution in [0.3, 0.4) is 0 Å². The number of nitrogens with zero attached hydrogens (tertiary/aromatic N) is 2. The largest absolute Gasteiger partial charge is 0.496 e. The maximum atomic E-state index is 14.3. The van der Waals surface area contributed by atoms with Crippen LogP contribution in [0.25, 0.3) is 16.2 Å². The van der Waals surface area contributed by atoms with Crippen molar-refractivity contribution in [1.29, 1.82) is 0 Å². The number of nitrogens with one attached hydrogen (secondary N) is 1. The minimum Gasteiger partial charge on any atom is -0.496 e. The van der Waals surface area contributed by atoms with Gasteiger partial charge in [-0.1, -0.05) is 54.1 Å². The Kier molecular flexibility index (Phi) is 8.81. The van der Waals surface area contributed by atoms with Crippen LogP contribution in [0.4, 0.5) is 5.69 Å². The van der Waals surface area contributed by atoms with Crippen molar-refractivity contribution in [2.45, 2.75) is 57.7 Å². The van der Waals surface area contributed by atoms with E-state index in [1.165, 1.54) is 0 Å². The molecule has 0 radical (unpaired) electrons. The molecule has 1 saturated carbocycles. The third-order valence-corrected chi connectivity index (χ3v) is 9.06. The van der Waals surface area contributed by atoms with Crippen LogP contribution in [0.5, 0.6) is 5.75 Å². The van der Waals surface area contributed by atoms with Crippen molar-refractivity contribution in [2.24, 2.45) is 0 Å². The molecule has 0 unspecified atom stereocenters. The molecule has 2 aliphatic carbocycles. The summed E-state index contributed by atoms with van der Waals surface area (Å²) in [5.41, 5.74) is 6.56. The summed E-state index contributed by atoms with van der Waals surface area (Å²) in [7, 11) is 5.44. The van der Waals surface area contributed by atoms with Crippen molar-refractivity contribution in [3.05, 3.63) is 89.0 Å². The second-order valence-corrected chi connectivity index (χ2v) is 11.4. The number of carbonyl (C=O) groups is 2. The number of hydrogen-bond acceptors (Lipinski definition) is 4. The predicted octanol–water partition coefficient (Wildman–Crippen LogP) is 6.41. The van der Waals surface area contributed by atoms with E-state index in [1.54, 1.807) is 26.0 Å². The van der Waals surface area contributed by atoms with Crippen molar-refractivity contribution in [1.82, 2.24) is 10.2 Å². The van der Waals surface area contributed by atoms with Gasteiger partial charge in [0.05, 0.1) is 12.1 Å². The van der Waals surface area contributed by atoms with E-state index in [9.17, 15) is 9.59 Å². The van der Waals surface area contributed by atoms with Crippen molar-refractivity contribution in [3.8, 4) is 16.9 Å². The Morgan fingerprint density at radius 3 is 2.29 bits per heavy atom. The number of halogens is 1. The number of rotatable bonds is 8. The highest BCUT2D eigenvalue weighted by Crippen LogP contribution is 2.38. The van der Waals surface area contributed by atoms with Gasteiger partial charge in [0.1, 0.15) is 5.75 Å². The molecule has 214 valence electrons. The van der Waals surface area contributed by atoms with Gasteiger partial charge >= 0.3 is 0 Å². The van der Waals surface area contributed by atoms with Crippen molar-refractivity contribution in [3.63, 3.8) is 0 Å². The van der Waals surface area contributed by atoms with Crippen LogP contribution in [-0.4, -0.2) is 50.0 Å². The molecule has 3 aromatic carbocycles. The first-order chi connectivity index (χ1) is 19.8. The minimum atomic E-state index is -0.0152. The second kappa shape index (κ2) is 12.5. The van der Waals surface area contributed by atoms with Gasteiger partial charge in [0.25, 0.3) is 5.91 Å². The lowest BCUT2D eigenvalue weighted by molar-refractivity contribution is -0.131. The van der Waals surface area contributed by atoms with Crippen LogP contribution < -0.4 is 15.0 Å². The Morgan fingerprint density at radius 1 is 0.976 bits per heavy atom. The highest BCUT2D eigenvalue weighted by Gasteiger charge is 2.34. The van der Waals surface area contributed by atoms with Crippen LogP contribution in [0.15, 0.2) is 72.3 Å². The molecular formula is C34H38ClN3O3. The topological polar surface area (TPSA) is 61.9 Å². The van der Waals surface area contributed by atoms with Crippen molar-refractivity contribution >= 4 is 34.1 Å². The molecule has 3 aromatic rings. The molecule has 0 heterocycles. The Bertz CT molecular complexity index is 1460. The molecule has 1 fully saturated rings. The normalized spacial score (nSPS) is 18.2. The number of methoxy groups -OCH3 is 1. The van der Waals surface area contributed by atoms with Crippen molar-refractivity contribution < 1.29 is 14.3 Å². The second-order valence-electron chi connectivity index (χ2n) is 11.0. The molecule has 2 aliphatic rings. The fraction of sp³-hybridized carbons (Fsp3) is 0.353. The first-order valence-electron chi connectivity index (χ1n) is 14.3. The third-order valence-electron chi connectivity index (χ3n) is 8.63. The van der Waals surface area contributed by atoms with Gasteiger partial charge in [-0.2, -0.15) is 0 Å². The first-order valence-corrected chi connectivity index (χ1v) is 14.6. The maximum absolute atomic E-state index is 14.3. The molecule has 5 rings (SSSR count). The quantitative estimate of drug-likeness (QED) is 0.339. The maximum Gasteiger partial charge on any atom is 0.252 e. The fourth-order valence-corrected chi connectivity index (χ4v) is 6.36. The molecule has 0 bridgehead atoms. The summed E-state index contributed by atoms with van der Waals surface area (Å²) in [6.45, 7) is 1.98. The highest BCUT2D eigenvalue weighted by molar-refractivity contribution is 6.51. The number of anilines is 1. The van der Waals surface area contributed by atoms with Crippen LogP contribution in [0.2, 0.25) is 0 Å². The van der Waals surface area contributed by atoms with E-state index >= 15 is 0 Å². The standard InChI is InChI=1S/C34H38ClN3O3/c1-22(39)37(3)28-14-9-23(10-15-28)24-11-18-32(41-4)26(19-24)21-38(29-16-12-27(36-2)13-17-29)34(40)31-20-25-7-5-6-8-30(25)33(31)35/h5-11,14-15,18-19,27,29,36H,12-13,16-17,20-21H2,1-4H3/t27-,29+. The van der Waals surface area contributed by atoms with E-state index in [-0.39, 0.29) is 17.9 Å². The fourth-order valence-electron chi connectivity index (χ4n) is 6.03. The monoisotopic (exact) mass is 571 g/mol. The smallest absolute Gasteiger partial charge is 0.252 e. The van der Waals surface area contributed by atoms with Gasteiger partial charge in [0.2, 0.25) is 5.91 Å². The van der Waals surface area contributed by atoms with Crippen LogP contribution in [-0.2, 0) is 22.6 Å². The molecule has 1 N–H and O–H groups in total. The Hall–Kier alpha value is -3.61. The van der Waals surface area contributed by atoms with E-state index in [4.69, 9.17) is 16.3 Å². The summed E-state index contributed by atoms with van der Waals surface area (Å²) in [5, 5.41) is 3.97. The van der Waals surface area contributed by atoms with Gasteiger partial charge in [-0.05, 0) is 79.3 Å². The van der Waals surface area contributed by atoms with E-state index in [0.717, 1.165) is 64.9 Å². The lowest BCUT2D eigenvalue weighted by atomic mass is 9.89. The third kappa shape index (κ3) is 6.04. The summed E-state index contributed by atoms with van der Waals surface area (Å²) < 4.78 is 5.78. The molecule has 2 amide bonds. The minimum absolute atomic E-state index is 0.00295. The molecule has 0 aromatic heterocycles. The van der Waals surface area contributed by atoms with E-state index in [2.05, 4.69) is 11.4 Å². The molecule has 41 heavy (non-hydrogen) atoms. The van der Waals surface area contributed by atoms with Gasteiger partial charge in [-0.3, -0.25) is 9.59 Å². The molecular weight excluding hydrogens is 534 g/mol. The van der Waals surface area contributed by atoms with E-state index in [0.29, 0.717) is 29.6 Å². The number of fused-ring (bicyclic) bond motifs is 1. The summed E-state index contributed by atoms with van der Waals surface area (Å²) in [6, 6.07) is 22.6. The number of benzene rings is 3. The Labute approximate surface area is 247 Å². The first kappa shape index (κ1) is 28.9. The number of ether oxygens (including phenoxy) is 1. The van der Waals surface area contributed by atoms with E-state index in [1.807, 2.05) is 72.6 Å². The molecule has 7 heteroatoms. The summed E-state index contributed by atoms with van der Waals surface area (Å²) in [6.07, 6.45) is 4.46. The molecule has 6 nitrogen and oxygen atoms in total. The highest BCUT2D eigenvalue weighted by atomic mass is 35.5. The van der Waals surface area contributed by atoms with Crippen molar-refractivity contribution in [2.75, 3.05) is 26.1 Å². The Balaban J connectivity index is 1.47. The number of hydrogen-bond donors (Lipinski definition) is 1. The summed E-state index contributed by atoms with van der Waals surface area (Å²) in [4.78, 5) is 29.7. The predicted molar refractivity (Wildman–Crippen MR) is 166 cm³/mol. The summed E-state index contributed by atoms with van der Waals surface area (Å²) in [5.74, 6) is 0.736. The molecule has 0 atom stereocenters. The van der Waals surface area contributed by atoms with Gasteiger partial charge in [-0.25, -0.2) is 0 Å². The zero-order valence-corrected chi connectivity index (χ0v) is 25.0. The lowest BCUT2D eigenvalue weighted by Crippen LogP contribution is -2.45. The van der Waals surface area contributed by atoms with Gasteiger partial charge < -0.3 is 19.9 Å².